The molecule has 2 saturated carbocycles. The monoisotopic (exact) mass is 664 g/mol. The molecular formula is C35H52O12. The maximum Gasteiger partial charge on any atom is 0.229 e. The summed E-state index contributed by atoms with van der Waals surface area (Å²) in [7, 11) is 0. The molecule has 12 heteroatoms. The van der Waals surface area contributed by atoms with Crippen LogP contribution in [0.5, 0.6) is 11.5 Å². The second-order valence-corrected chi connectivity index (χ2v) is 15.9. The van der Waals surface area contributed by atoms with Crippen LogP contribution in [0, 0.1) is 29.6 Å². The molecule has 1 saturated heterocycles. The largest absolute Gasteiger partial charge is 0.504 e. The number of aliphatic hydroxyl groups excluding tert-OH is 6. The Morgan fingerprint density at radius 1 is 1.06 bits per heavy atom. The molecule has 4 aliphatic rings. The number of aliphatic hydroxyl groups is 8. The number of hydrogen-bond donors (Lipinski definition) is 9. The summed E-state index contributed by atoms with van der Waals surface area (Å²) in [6.45, 7) is 11.4. The van der Waals surface area contributed by atoms with Crippen molar-refractivity contribution in [1.29, 1.82) is 0 Å². The summed E-state index contributed by atoms with van der Waals surface area (Å²) in [6, 6.07) is 1.55. The molecule has 0 amide bonds. The lowest BCUT2D eigenvalue weighted by Crippen LogP contribution is -2.64. The molecule has 0 bridgehead atoms. The van der Waals surface area contributed by atoms with Gasteiger partial charge in [-0.15, -0.1) is 0 Å². The normalized spacial score (nSPS) is 42.4. The minimum absolute atomic E-state index is 0.0153. The molecule has 0 spiro atoms. The molecule has 9 N–H and O–H groups in total. The lowest BCUT2D eigenvalue weighted by atomic mass is 9.41. The van der Waals surface area contributed by atoms with Crippen LogP contribution in [0.3, 0.4) is 0 Å². The average Bonchev–Trinajstić information content (AvgIpc) is 3.19. The first-order valence-electron chi connectivity index (χ1n) is 16.4. The smallest absolute Gasteiger partial charge is 0.229 e. The number of carbonyl (C=O) groups is 1. The van der Waals surface area contributed by atoms with E-state index in [9.17, 15) is 50.8 Å². The summed E-state index contributed by atoms with van der Waals surface area (Å²) in [5.41, 5.74) is -3.93. The highest BCUT2D eigenvalue weighted by Gasteiger charge is 2.73. The van der Waals surface area contributed by atoms with Crippen molar-refractivity contribution >= 4 is 5.78 Å². The number of ketones is 1. The molecule has 1 aromatic rings. The molecule has 3 aliphatic carbocycles. The first-order valence-corrected chi connectivity index (χ1v) is 16.4. The van der Waals surface area contributed by atoms with Crippen molar-refractivity contribution in [2.75, 3.05) is 6.61 Å². The Morgan fingerprint density at radius 3 is 2.30 bits per heavy atom. The van der Waals surface area contributed by atoms with Gasteiger partial charge < -0.3 is 55.4 Å². The third-order valence-corrected chi connectivity index (χ3v) is 12.5. The molecular weight excluding hydrogens is 612 g/mol. The molecule has 264 valence electrons. The summed E-state index contributed by atoms with van der Waals surface area (Å²) in [5, 5.41) is 96.6. The average molecular weight is 665 g/mol. The molecule has 12 nitrogen and oxygen atoms in total. The number of aromatic hydroxyl groups is 1. The summed E-state index contributed by atoms with van der Waals surface area (Å²) in [5.74, 6) is -1.68. The summed E-state index contributed by atoms with van der Waals surface area (Å²) >= 11 is 0. The predicted octanol–water partition coefficient (Wildman–Crippen LogP) is 0.505. The fourth-order valence-electron chi connectivity index (χ4n) is 9.72. The van der Waals surface area contributed by atoms with Gasteiger partial charge in [0.05, 0.1) is 29.3 Å². The zero-order valence-corrected chi connectivity index (χ0v) is 28.2. The minimum Gasteiger partial charge on any atom is -0.504 e. The molecule has 47 heavy (non-hydrogen) atoms. The van der Waals surface area contributed by atoms with E-state index in [1.807, 2.05) is 20.8 Å². The lowest BCUT2D eigenvalue weighted by molar-refractivity contribution is -0.277. The van der Waals surface area contributed by atoms with Gasteiger partial charge in [0.2, 0.25) is 6.29 Å². The van der Waals surface area contributed by atoms with E-state index in [2.05, 4.69) is 0 Å². The highest BCUT2D eigenvalue weighted by Crippen LogP contribution is 2.72. The van der Waals surface area contributed by atoms with Crippen LogP contribution in [0.4, 0.5) is 0 Å². The van der Waals surface area contributed by atoms with Gasteiger partial charge in [0, 0.05) is 12.3 Å². The molecule has 0 aromatic heterocycles. The van der Waals surface area contributed by atoms with Crippen LogP contribution >= 0.6 is 0 Å². The maximum atomic E-state index is 14.6. The van der Waals surface area contributed by atoms with Crippen molar-refractivity contribution in [3.63, 3.8) is 0 Å². The minimum atomic E-state index is -1.84. The van der Waals surface area contributed by atoms with E-state index in [0.29, 0.717) is 24.0 Å². The number of phenolic OH excluding ortho intramolecular Hbond substituents is 1. The lowest BCUT2D eigenvalue weighted by Gasteiger charge is -2.62. The zero-order chi connectivity index (χ0) is 35.2. The van der Waals surface area contributed by atoms with Crippen LogP contribution in [-0.4, -0.2) is 112 Å². The Bertz CT molecular complexity index is 1420. The van der Waals surface area contributed by atoms with Crippen molar-refractivity contribution in [2.45, 2.75) is 134 Å². The van der Waals surface area contributed by atoms with Gasteiger partial charge in [0.1, 0.15) is 36.3 Å². The topological polar surface area (TPSA) is 218 Å². The van der Waals surface area contributed by atoms with Crippen molar-refractivity contribution in [3.8, 4) is 11.5 Å². The molecule has 1 heterocycles. The van der Waals surface area contributed by atoms with Gasteiger partial charge in [-0.3, -0.25) is 4.79 Å². The molecule has 3 fully saturated rings. The van der Waals surface area contributed by atoms with Crippen molar-refractivity contribution in [1.82, 2.24) is 0 Å². The standard InChI is InChI=1S/C35H52O12/c1-16-17-8-9-22-32(4)13-19(37)29(35(7,45)23(38)10-11-31(2,3)44)33(32,5)14-24(39)34(22,6)18(17)12-20(25(16)40)46-30-28(43)27(42)26(41)21(15-36)47-30/h10-12,19,21-23,26-30,36-38,40-45H,8-9,13-15H2,1-7H3/t19-,21-,22-,23+,26-,27+,28-,29+,30-,32+,33-,34+,35+/m1/s1. The third-order valence-electron chi connectivity index (χ3n) is 12.5. The molecule has 5 rings (SSSR count). The van der Waals surface area contributed by atoms with Crippen molar-refractivity contribution < 1.29 is 60.2 Å². The molecule has 0 radical (unpaired) electrons. The third kappa shape index (κ3) is 5.35. The van der Waals surface area contributed by atoms with Crippen molar-refractivity contribution in [3.05, 3.63) is 34.9 Å². The van der Waals surface area contributed by atoms with Gasteiger partial charge in [-0.25, -0.2) is 0 Å². The Balaban J connectivity index is 1.55. The highest BCUT2D eigenvalue weighted by molar-refractivity contribution is 5.93. The second kappa shape index (κ2) is 11.7. The van der Waals surface area contributed by atoms with Gasteiger partial charge >= 0.3 is 0 Å². The zero-order valence-electron chi connectivity index (χ0n) is 28.2. The summed E-state index contributed by atoms with van der Waals surface area (Å²) in [6.07, 6.45) is -6.22. The Morgan fingerprint density at radius 2 is 1.70 bits per heavy atom. The number of hydrogen-bond acceptors (Lipinski definition) is 12. The van der Waals surface area contributed by atoms with Crippen molar-refractivity contribution in [2.24, 2.45) is 22.7 Å². The van der Waals surface area contributed by atoms with Crippen LogP contribution in [0.1, 0.15) is 77.5 Å². The number of Topliss-reactive ketones (excluding diaryl/α,β-unsaturated/α-hetero) is 1. The number of benzene rings is 1. The SMILES string of the molecule is Cc1c(O)c(O[C@@H]2O[C@H](CO)[C@@H](O)[C@H](O)[C@H]2O)cc2c1CC[C@H]1[C@@]2(C)C(=O)C[C@]2(C)[C@@H]([C@@](C)(O)[C@@H](O)C=CC(C)(C)O)[C@H](O)C[C@@]12C. The quantitative estimate of drug-likeness (QED) is 0.182. The first-order chi connectivity index (χ1) is 21.6. The summed E-state index contributed by atoms with van der Waals surface area (Å²) in [4.78, 5) is 14.6. The number of fused-ring (bicyclic) bond motifs is 5. The van der Waals surface area contributed by atoms with E-state index in [1.165, 1.54) is 32.9 Å². The van der Waals surface area contributed by atoms with Crippen LogP contribution in [0.2, 0.25) is 0 Å². The van der Waals surface area contributed by atoms with E-state index >= 15 is 0 Å². The van der Waals surface area contributed by atoms with Gasteiger partial charge in [0.25, 0.3) is 0 Å². The van der Waals surface area contributed by atoms with Gasteiger partial charge in [-0.2, -0.15) is 0 Å². The maximum absolute atomic E-state index is 14.6. The molecule has 1 aliphatic heterocycles. The van der Waals surface area contributed by atoms with E-state index in [0.717, 1.165) is 5.56 Å². The Hall–Kier alpha value is -2.13. The summed E-state index contributed by atoms with van der Waals surface area (Å²) < 4.78 is 11.4. The first kappa shape index (κ1) is 36.2. The number of phenols is 1. The molecule has 0 unspecified atom stereocenters. The number of ether oxygens (including phenoxy) is 2. The van der Waals surface area contributed by atoms with Gasteiger partial charge in [-0.05, 0) is 93.4 Å². The van der Waals surface area contributed by atoms with Gasteiger partial charge in [0.15, 0.2) is 11.5 Å². The molecule has 1 aromatic carbocycles. The molecule has 13 atom stereocenters. The number of rotatable bonds is 7. The highest BCUT2D eigenvalue weighted by atomic mass is 16.7. The Labute approximate surface area is 275 Å². The van der Waals surface area contributed by atoms with E-state index < -0.39 is 82.9 Å². The van der Waals surface area contributed by atoms with Crippen LogP contribution < -0.4 is 4.74 Å². The van der Waals surface area contributed by atoms with Crippen LogP contribution in [0.25, 0.3) is 0 Å². The van der Waals surface area contributed by atoms with E-state index in [1.54, 1.807) is 13.0 Å². The van der Waals surface area contributed by atoms with Crippen LogP contribution in [0.15, 0.2) is 18.2 Å². The van der Waals surface area contributed by atoms with Crippen LogP contribution in [-0.2, 0) is 21.4 Å². The predicted molar refractivity (Wildman–Crippen MR) is 168 cm³/mol. The fraction of sp³-hybridized carbons (Fsp3) is 0.743. The van der Waals surface area contributed by atoms with E-state index in [4.69, 9.17) is 9.47 Å². The van der Waals surface area contributed by atoms with E-state index in [-0.39, 0.29) is 36.0 Å². The fourth-order valence-corrected chi connectivity index (χ4v) is 9.72. The second-order valence-electron chi connectivity index (χ2n) is 15.9. The Kier molecular flexibility index (Phi) is 9.03. The number of carbonyl (C=O) groups excluding carboxylic acids is 1. The van der Waals surface area contributed by atoms with Gasteiger partial charge in [-0.1, -0.05) is 26.0 Å².